The van der Waals surface area contributed by atoms with Gasteiger partial charge in [-0.3, -0.25) is 9.69 Å². The second kappa shape index (κ2) is 7.50. The second-order valence-electron chi connectivity index (χ2n) is 7.90. The fourth-order valence-corrected chi connectivity index (χ4v) is 4.24. The van der Waals surface area contributed by atoms with Crippen LogP contribution >= 0.6 is 0 Å². The van der Waals surface area contributed by atoms with E-state index in [9.17, 15) is 4.79 Å². The zero-order valence-corrected chi connectivity index (χ0v) is 16.0. The van der Waals surface area contributed by atoms with Crippen molar-refractivity contribution in [3.8, 4) is 0 Å². The van der Waals surface area contributed by atoms with Crippen molar-refractivity contribution in [1.29, 1.82) is 0 Å². The first-order valence-corrected chi connectivity index (χ1v) is 9.71. The van der Waals surface area contributed by atoms with E-state index < -0.39 is 0 Å². The molecule has 4 rings (SSSR count). The first kappa shape index (κ1) is 17.7. The summed E-state index contributed by atoms with van der Waals surface area (Å²) in [5.74, 6) is 1.08. The topological polar surface area (TPSA) is 46.2 Å². The lowest BCUT2D eigenvalue weighted by molar-refractivity contribution is 0.0664. The van der Waals surface area contributed by atoms with Crippen molar-refractivity contribution in [3.63, 3.8) is 0 Å². The third-order valence-electron chi connectivity index (χ3n) is 6.00. The average molecular weight is 358 g/mol. The fraction of sp³-hybridized carbons (Fsp3) is 0.684. The molecule has 26 heavy (non-hydrogen) atoms. The molecule has 1 atom stereocenters. The van der Waals surface area contributed by atoms with E-state index in [2.05, 4.69) is 38.7 Å². The van der Waals surface area contributed by atoms with E-state index in [0.29, 0.717) is 6.04 Å². The smallest absolute Gasteiger partial charge is 0.254 e. The molecule has 7 heteroatoms. The Hall–Kier alpha value is -1.70. The van der Waals surface area contributed by atoms with Gasteiger partial charge in [0.1, 0.15) is 5.82 Å². The van der Waals surface area contributed by atoms with Gasteiger partial charge in [-0.05, 0) is 26.2 Å². The minimum Gasteiger partial charge on any atom is -0.354 e. The highest BCUT2D eigenvalue weighted by Gasteiger charge is 2.31. The first-order chi connectivity index (χ1) is 12.6. The molecule has 0 aliphatic carbocycles. The molecule has 3 aliphatic heterocycles. The largest absolute Gasteiger partial charge is 0.354 e. The Morgan fingerprint density at radius 2 is 1.69 bits per heavy atom. The van der Waals surface area contributed by atoms with Gasteiger partial charge in [0.05, 0.1) is 0 Å². The summed E-state index contributed by atoms with van der Waals surface area (Å²) in [6.45, 7) is 9.98. The van der Waals surface area contributed by atoms with Gasteiger partial charge >= 0.3 is 0 Å². The van der Waals surface area contributed by atoms with Crippen LogP contribution in [0.1, 0.15) is 10.4 Å². The number of fused-ring (bicyclic) bond motifs is 1. The molecule has 0 aromatic carbocycles. The van der Waals surface area contributed by atoms with E-state index in [1.54, 1.807) is 6.20 Å². The molecular formula is C19H30N6O. The van der Waals surface area contributed by atoms with Gasteiger partial charge in [-0.15, -0.1) is 0 Å². The number of carbonyl (C=O) groups excluding carboxylic acids is 1. The molecule has 3 aliphatic rings. The van der Waals surface area contributed by atoms with Crippen LogP contribution in [-0.2, 0) is 0 Å². The predicted molar refractivity (Wildman–Crippen MR) is 103 cm³/mol. The monoisotopic (exact) mass is 358 g/mol. The highest BCUT2D eigenvalue weighted by molar-refractivity contribution is 5.95. The Kier molecular flexibility index (Phi) is 5.11. The van der Waals surface area contributed by atoms with Crippen LogP contribution in [0.2, 0.25) is 0 Å². The summed E-state index contributed by atoms with van der Waals surface area (Å²) in [7, 11) is 4.30. The average Bonchev–Trinajstić information content (AvgIpc) is 2.67. The third kappa shape index (κ3) is 3.70. The Morgan fingerprint density at radius 1 is 0.962 bits per heavy atom. The summed E-state index contributed by atoms with van der Waals surface area (Å²) in [5.41, 5.74) is 0.766. The number of likely N-dealkylation sites (N-methyl/N-ethyl adjacent to an activating group) is 2. The first-order valence-electron chi connectivity index (χ1n) is 9.71. The number of amides is 1. The molecule has 7 nitrogen and oxygen atoms in total. The molecule has 0 radical (unpaired) electrons. The van der Waals surface area contributed by atoms with Crippen molar-refractivity contribution in [2.75, 3.05) is 84.4 Å². The number of carbonyl (C=O) groups is 1. The van der Waals surface area contributed by atoms with Gasteiger partial charge in [-0.2, -0.15) is 0 Å². The van der Waals surface area contributed by atoms with Crippen molar-refractivity contribution in [2.24, 2.45) is 0 Å². The van der Waals surface area contributed by atoms with Gasteiger partial charge in [-0.25, -0.2) is 4.98 Å². The zero-order valence-electron chi connectivity index (χ0n) is 16.0. The van der Waals surface area contributed by atoms with Gasteiger partial charge < -0.3 is 19.6 Å². The lowest BCUT2D eigenvalue weighted by Crippen LogP contribution is -2.61. The maximum Gasteiger partial charge on any atom is 0.254 e. The summed E-state index contributed by atoms with van der Waals surface area (Å²) in [4.78, 5) is 29.0. The van der Waals surface area contributed by atoms with Gasteiger partial charge in [0.25, 0.3) is 5.91 Å². The van der Waals surface area contributed by atoms with Crippen LogP contribution in [-0.4, -0.2) is 116 Å². The molecule has 0 bridgehead atoms. The molecule has 0 N–H and O–H groups in total. The maximum atomic E-state index is 12.9. The molecule has 0 spiro atoms. The quantitative estimate of drug-likeness (QED) is 0.736. The van der Waals surface area contributed by atoms with E-state index in [4.69, 9.17) is 0 Å². The lowest BCUT2D eigenvalue weighted by atomic mass is 10.1. The minimum atomic E-state index is 0.137. The van der Waals surface area contributed by atoms with Crippen LogP contribution in [0.15, 0.2) is 18.3 Å². The van der Waals surface area contributed by atoms with Crippen LogP contribution in [0.25, 0.3) is 0 Å². The number of hydrogen-bond donors (Lipinski definition) is 0. The van der Waals surface area contributed by atoms with Crippen LogP contribution in [0.4, 0.5) is 5.82 Å². The number of rotatable bonds is 2. The zero-order chi connectivity index (χ0) is 18.1. The molecule has 3 fully saturated rings. The summed E-state index contributed by atoms with van der Waals surface area (Å²) in [5, 5.41) is 0. The van der Waals surface area contributed by atoms with Gasteiger partial charge in [0, 0.05) is 83.2 Å². The van der Waals surface area contributed by atoms with Crippen LogP contribution in [0.5, 0.6) is 0 Å². The Bertz CT molecular complexity index is 645. The number of nitrogens with zero attached hydrogens (tertiary/aromatic N) is 6. The summed E-state index contributed by atoms with van der Waals surface area (Å²) >= 11 is 0. The maximum absolute atomic E-state index is 12.9. The fourth-order valence-electron chi connectivity index (χ4n) is 4.24. The van der Waals surface area contributed by atoms with Crippen LogP contribution in [0.3, 0.4) is 0 Å². The molecule has 4 heterocycles. The second-order valence-corrected chi connectivity index (χ2v) is 7.90. The van der Waals surface area contributed by atoms with Crippen molar-refractivity contribution in [3.05, 3.63) is 23.9 Å². The lowest BCUT2D eigenvalue weighted by Gasteiger charge is -2.46. The number of aromatic nitrogens is 1. The van der Waals surface area contributed by atoms with Crippen molar-refractivity contribution in [2.45, 2.75) is 6.04 Å². The van der Waals surface area contributed by atoms with Crippen molar-refractivity contribution >= 4 is 11.7 Å². The summed E-state index contributed by atoms with van der Waals surface area (Å²) in [6.07, 6.45) is 1.79. The number of anilines is 1. The SMILES string of the molecule is CN1CCN(C(=O)c2ccnc(N3CCN4CCN(C)C[C@H]4C3)c2)CC1. The normalized spacial score (nSPS) is 26.0. The summed E-state index contributed by atoms with van der Waals surface area (Å²) in [6, 6.07) is 4.40. The van der Waals surface area contributed by atoms with E-state index >= 15 is 0 Å². The Balaban J connectivity index is 1.45. The van der Waals surface area contributed by atoms with E-state index in [0.717, 1.165) is 76.8 Å². The Labute approximate surface area is 156 Å². The van der Waals surface area contributed by atoms with E-state index in [-0.39, 0.29) is 5.91 Å². The standard InChI is InChI=1S/C19H30N6O/c1-21-5-9-24(10-6-21)19(26)16-3-4-20-18(13-16)25-12-11-23-8-7-22(2)14-17(23)15-25/h3-4,13,17H,5-12,14-15H2,1-2H3/t17-/m0/s1. The molecule has 0 saturated carbocycles. The van der Waals surface area contributed by atoms with Crippen molar-refractivity contribution < 1.29 is 4.79 Å². The van der Waals surface area contributed by atoms with E-state index in [1.807, 2.05) is 17.0 Å². The van der Waals surface area contributed by atoms with Gasteiger partial charge in [-0.1, -0.05) is 0 Å². The molecule has 142 valence electrons. The molecule has 0 unspecified atom stereocenters. The van der Waals surface area contributed by atoms with Crippen molar-refractivity contribution in [1.82, 2.24) is 24.6 Å². The molecule has 1 amide bonds. The molecule has 1 aromatic heterocycles. The minimum absolute atomic E-state index is 0.137. The predicted octanol–water partition coefficient (Wildman–Crippen LogP) is -0.0948. The third-order valence-corrected chi connectivity index (χ3v) is 6.00. The highest BCUT2D eigenvalue weighted by atomic mass is 16.2. The molecular weight excluding hydrogens is 328 g/mol. The number of piperazine rings is 3. The number of pyridine rings is 1. The number of hydrogen-bond acceptors (Lipinski definition) is 6. The Morgan fingerprint density at radius 3 is 2.50 bits per heavy atom. The molecule has 1 aromatic rings. The van der Waals surface area contributed by atoms with Gasteiger partial charge in [0.2, 0.25) is 0 Å². The van der Waals surface area contributed by atoms with Crippen LogP contribution < -0.4 is 4.90 Å². The summed E-state index contributed by atoms with van der Waals surface area (Å²) < 4.78 is 0. The van der Waals surface area contributed by atoms with Crippen LogP contribution in [0, 0.1) is 0 Å². The molecule has 3 saturated heterocycles. The van der Waals surface area contributed by atoms with Gasteiger partial charge in [0.15, 0.2) is 0 Å². The van der Waals surface area contributed by atoms with E-state index in [1.165, 1.54) is 0 Å². The highest BCUT2D eigenvalue weighted by Crippen LogP contribution is 2.21.